The first kappa shape index (κ1) is 14.7. The normalized spacial score (nSPS) is 10.9. The minimum absolute atomic E-state index is 0.00474. The van der Waals surface area contributed by atoms with Gasteiger partial charge in [0.25, 0.3) is 5.56 Å². The number of nitrogens with one attached hydrogen (secondary N) is 1. The van der Waals surface area contributed by atoms with Crippen LogP contribution >= 0.6 is 0 Å². The summed E-state index contributed by atoms with van der Waals surface area (Å²) in [5.74, 6) is 0.747. The molecule has 18 heavy (non-hydrogen) atoms. The SMILES string of the molecule is CC(C)Cn1ccnc(NCCOCCO)c1=O. The van der Waals surface area contributed by atoms with E-state index in [0.29, 0.717) is 38.0 Å². The molecule has 6 nitrogen and oxygen atoms in total. The van der Waals surface area contributed by atoms with Crippen molar-refractivity contribution in [2.45, 2.75) is 20.4 Å². The molecule has 0 aromatic carbocycles. The Balaban J connectivity index is 2.53. The summed E-state index contributed by atoms with van der Waals surface area (Å²) in [7, 11) is 0. The topological polar surface area (TPSA) is 76.4 Å². The average molecular weight is 255 g/mol. The van der Waals surface area contributed by atoms with E-state index in [2.05, 4.69) is 24.1 Å². The maximum absolute atomic E-state index is 12.0. The second kappa shape index (κ2) is 7.84. The highest BCUT2D eigenvalue weighted by Crippen LogP contribution is 1.98. The fourth-order valence-corrected chi connectivity index (χ4v) is 1.51. The van der Waals surface area contributed by atoms with Gasteiger partial charge in [0.2, 0.25) is 0 Å². The van der Waals surface area contributed by atoms with Gasteiger partial charge in [-0.2, -0.15) is 0 Å². The Bertz CT molecular complexity index is 404. The highest BCUT2D eigenvalue weighted by molar-refractivity contribution is 5.30. The van der Waals surface area contributed by atoms with E-state index in [1.165, 1.54) is 0 Å². The van der Waals surface area contributed by atoms with Crippen molar-refractivity contribution >= 4 is 5.82 Å². The zero-order chi connectivity index (χ0) is 13.4. The molecule has 0 aliphatic carbocycles. The lowest BCUT2D eigenvalue weighted by Crippen LogP contribution is -2.27. The molecule has 1 rings (SSSR count). The number of rotatable bonds is 8. The van der Waals surface area contributed by atoms with Gasteiger partial charge in [-0.25, -0.2) is 4.98 Å². The molecule has 0 unspecified atom stereocenters. The molecule has 2 N–H and O–H groups in total. The van der Waals surface area contributed by atoms with Crippen LogP contribution in [-0.4, -0.2) is 41.0 Å². The van der Waals surface area contributed by atoms with Gasteiger partial charge in [0.1, 0.15) is 0 Å². The van der Waals surface area contributed by atoms with Crippen LogP contribution in [0.5, 0.6) is 0 Å². The van der Waals surface area contributed by atoms with Crippen LogP contribution in [0.2, 0.25) is 0 Å². The number of nitrogens with zero attached hydrogens (tertiary/aromatic N) is 2. The van der Waals surface area contributed by atoms with Crippen LogP contribution in [0.15, 0.2) is 17.2 Å². The Morgan fingerprint density at radius 1 is 1.50 bits per heavy atom. The number of aromatic nitrogens is 2. The number of ether oxygens (including phenoxy) is 1. The molecule has 6 heteroatoms. The first-order chi connectivity index (χ1) is 8.65. The zero-order valence-corrected chi connectivity index (χ0v) is 10.9. The van der Waals surface area contributed by atoms with Crippen LogP contribution in [0.4, 0.5) is 5.82 Å². The highest BCUT2D eigenvalue weighted by atomic mass is 16.5. The standard InChI is InChI=1S/C12H21N3O3/c1-10(2)9-15-5-3-13-11(12(15)17)14-4-7-18-8-6-16/h3,5,10,16H,4,6-9H2,1-2H3,(H,13,14). The van der Waals surface area contributed by atoms with Crippen LogP contribution in [0.1, 0.15) is 13.8 Å². The van der Waals surface area contributed by atoms with Crippen molar-refractivity contribution in [2.24, 2.45) is 5.92 Å². The molecule has 0 saturated carbocycles. The molecule has 0 bridgehead atoms. The third-order valence-electron chi connectivity index (χ3n) is 2.25. The van der Waals surface area contributed by atoms with Crippen molar-refractivity contribution in [1.29, 1.82) is 0 Å². The smallest absolute Gasteiger partial charge is 0.293 e. The molecule has 0 radical (unpaired) electrons. The first-order valence-corrected chi connectivity index (χ1v) is 6.13. The molecule has 0 aliphatic heterocycles. The van der Waals surface area contributed by atoms with Crippen molar-refractivity contribution in [2.75, 3.05) is 31.7 Å². The quantitative estimate of drug-likeness (QED) is 0.654. The largest absolute Gasteiger partial charge is 0.394 e. The summed E-state index contributed by atoms with van der Waals surface area (Å²) in [5, 5.41) is 11.5. The van der Waals surface area contributed by atoms with E-state index in [9.17, 15) is 4.79 Å². The summed E-state index contributed by atoms with van der Waals surface area (Å²) in [5.41, 5.74) is -0.117. The molecule has 0 fully saturated rings. The van der Waals surface area contributed by atoms with Crippen LogP contribution in [0.3, 0.4) is 0 Å². The maximum atomic E-state index is 12.0. The molecule has 0 spiro atoms. The molecule has 1 aromatic rings. The van der Waals surface area contributed by atoms with Gasteiger partial charge in [0.15, 0.2) is 5.82 Å². The monoisotopic (exact) mass is 255 g/mol. The van der Waals surface area contributed by atoms with Gasteiger partial charge in [-0.05, 0) is 5.92 Å². The van der Waals surface area contributed by atoms with Crippen molar-refractivity contribution in [1.82, 2.24) is 9.55 Å². The van der Waals surface area contributed by atoms with E-state index < -0.39 is 0 Å². The second-order valence-electron chi connectivity index (χ2n) is 4.39. The van der Waals surface area contributed by atoms with Crippen LogP contribution in [0.25, 0.3) is 0 Å². The second-order valence-corrected chi connectivity index (χ2v) is 4.39. The van der Waals surface area contributed by atoms with Crippen molar-refractivity contribution in [3.05, 3.63) is 22.7 Å². The Kier molecular flexibility index (Phi) is 6.38. The summed E-state index contributed by atoms with van der Waals surface area (Å²) in [6.07, 6.45) is 3.30. The van der Waals surface area contributed by atoms with Crippen LogP contribution in [-0.2, 0) is 11.3 Å². The minimum atomic E-state index is -0.117. The van der Waals surface area contributed by atoms with Gasteiger partial charge in [0, 0.05) is 25.5 Å². The summed E-state index contributed by atoms with van der Waals surface area (Å²) in [6.45, 7) is 6.03. The van der Waals surface area contributed by atoms with E-state index in [-0.39, 0.29) is 12.2 Å². The van der Waals surface area contributed by atoms with Gasteiger partial charge in [-0.3, -0.25) is 4.79 Å². The Labute approximate surface area is 107 Å². The molecule has 1 heterocycles. The predicted molar refractivity (Wildman–Crippen MR) is 69.7 cm³/mol. The lowest BCUT2D eigenvalue weighted by Gasteiger charge is -2.10. The highest BCUT2D eigenvalue weighted by Gasteiger charge is 2.05. The number of aliphatic hydroxyl groups is 1. The third-order valence-corrected chi connectivity index (χ3v) is 2.25. The lowest BCUT2D eigenvalue weighted by atomic mass is 10.2. The molecular weight excluding hydrogens is 234 g/mol. The van der Waals surface area contributed by atoms with Gasteiger partial charge in [-0.1, -0.05) is 13.8 Å². The number of hydrogen-bond acceptors (Lipinski definition) is 5. The molecule has 1 aromatic heterocycles. The first-order valence-electron chi connectivity index (χ1n) is 6.13. The van der Waals surface area contributed by atoms with Crippen molar-refractivity contribution in [3.63, 3.8) is 0 Å². The molecule has 102 valence electrons. The minimum Gasteiger partial charge on any atom is -0.394 e. The summed E-state index contributed by atoms with van der Waals surface area (Å²) >= 11 is 0. The van der Waals surface area contributed by atoms with Crippen molar-refractivity contribution < 1.29 is 9.84 Å². The third kappa shape index (κ3) is 4.85. The lowest BCUT2D eigenvalue weighted by molar-refractivity contribution is 0.0991. The Hall–Kier alpha value is -1.40. The Morgan fingerprint density at radius 3 is 2.94 bits per heavy atom. The van der Waals surface area contributed by atoms with Crippen molar-refractivity contribution in [3.8, 4) is 0 Å². The zero-order valence-electron chi connectivity index (χ0n) is 10.9. The van der Waals surface area contributed by atoms with E-state index >= 15 is 0 Å². The van der Waals surface area contributed by atoms with E-state index in [1.807, 2.05) is 0 Å². The van der Waals surface area contributed by atoms with Gasteiger partial charge in [-0.15, -0.1) is 0 Å². The van der Waals surface area contributed by atoms with Gasteiger partial charge >= 0.3 is 0 Å². The van der Waals surface area contributed by atoms with E-state index in [1.54, 1.807) is 17.0 Å². The molecule has 0 saturated heterocycles. The van der Waals surface area contributed by atoms with Gasteiger partial charge < -0.3 is 19.7 Å². The fraction of sp³-hybridized carbons (Fsp3) is 0.667. The van der Waals surface area contributed by atoms with Crippen LogP contribution in [0, 0.1) is 5.92 Å². The number of hydrogen-bond donors (Lipinski definition) is 2. The van der Waals surface area contributed by atoms with Gasteiger partial charge in [0.05, 0.1) is 19.8 Å². The van der Waals surface area contributed by atoms with E-state index in [0.717, 1.165) is 0 Å². The summed E-state index contributed by atoms with van der Waals surface area (Å²) in [4.78, 5) is 16.0. The average Bonchev–Trinajstić information content (AvgIpc) is 2.33. The summed E-state index contributed by atoms with van der Waals surface area (Å²) < 4.78 is 6.74. The van der Waals surface area contributed by atoms with Crippen LogP contribution < -0.4 is 10.9 Å². The number of aliphatic hydroxyl groups excluding tert-OH is 1. The fourth-order valence-electron chi connectivity index (χ4n) is 1.51. The molecule has 0 amide bonds. The maximum Gasteiger partial charge on any atom is 0.293 e. The van der Waals surface area contributed by atoms with E-state index in [4.69, 9.17) is 9.84 Å². The molecule has 0 aliphatic rings. The number of anilines is 1. The summed E-state index contributed by atoms with van der Waals surface area (Å²) in [6, 6.07) is 0. The molecular formula is C12H21N3O3. The molecule has 0 atom stereocenters. The Morgan fingerprint density at radius 2 is 2.28 bits per heavy atom. The predicted octanol–water partition coefficient (Wildman–Crippen LogP) is 0.320.